The zero-order valence-corrected chi connectivity index (χ0v) is 21.0. The van der Waals surface area contributed by atoms with Crippen molar-refractivity contribution in [2.45, 2.75) is 38.1 Å². The van der Waals surface area contributed by atoms with Crippen molar-refractivity contribution >= 4 is 38.6 Å². The number of anilines is 1. The van der Waals surface area contributed by atoms with Crippen molar-refractivity contribution in [3.05, 3.63) is 58.9 Å². The van der Waals surface area contributed by atoms with Gasteiger partial charge in [-0.1, -0.05) is 26.0 Å². The van der Waals surface area contributed by atoms with E-state index in [9.17, 15) is 17.6 Å². The molecular formula is C24H24FN3O5S2. The Morgan fingerprint density at radius 1 is 1.29 bits per heavy atom. The van der Waals surface area contributed by atoms with Gasteiger partial charge in [0.05, 0.1) is 24.1 Å². The highest BCUT2D eigenvalue weighted by Gasteiger charge is 2.24. The number of nitrogens with zero attached hydrogens (tertiary/aromatic N) is 2. The van der Waals surface area contributed by atoms with Crippen LogP contribution in [0.25, 0.3) is 16.3 Å². The lowest BCUT2D eigenvalue weighted by molar-refractivity contribution is 0.0691. The molecule has 4 rings (SSSR count). The maximum atomic E-state index is 14.1. The number of methoxy groups -OCH3 is 1. The molecule has 0 aliphatic heterocycles. The molecule has 0 saturated carbocycles. The number of aromatic nitrogens is 2. The summed E-state index contributed by atoms with van der Waals surface area (Å²) in [5, 5.41) is 10.6. The molecular weight excluding hydrogens is 493 g/mol. The third-order valence-electron chi connectivity index (χ3n) is 5.85. The summed E-state index contributed by atoms with van der Waals surface area (Å²) in [6.07, 6.45) is 7.12. The first-order valence-corrected chi connectivity index (χ1v) is 13.1. The number of thiazole rings is 1. The monoisotopic (exact) mass is 517 g/mol. The van der Waals surface area contributed by atoms with Gasteiger partial charge in [-0.25, -0.2) is 14.2 Å². The summed E-state index contributed by atoms with van der Waals surface area (Å²) in [6.45, 7) is 4.50. The van der Waals surface area contributed by atoms with Crippen LogP contribution in [0.3, 0.4) is 0 Å². The van der Waals surface area contributed by atoms with Crippen molar-refractivity contribution in [2.75, 3.05) is 11.8 Å². The molecule has 1 aromatic carbocycles. The third-order valence-corrected chi connectivity index (χ3v) is 8.11. The van der Waals surface area contributed by atoms with Gasteiger partial charge in [-0.2, -0.15) is 8.42 Å². The van der Waals surface area contributed by atoms with Crippen molar-refractivity contribution in [2.24, 2.45) is 5.41 Å². The van der Waals surface area contributed by atoms with Gasteiger partial charge >= 0.3 is 5.97 Å². The van der Waals surface area contributed by atoms with Gasteiger partial charge in [-0.3, -0.25) is 9.71 Å². The molecule has 0 spiro atoms. The number of carboxylic acids is 1. The van der Waals surface area contributed by atoms with E-state index in [2.05, 4.69) is 34.6 Å². The van der Waals surface area contributed by atoms with Crippen LogP contribution in [0.1, 0.15) is 49.0 Å². The fraction of sp³-hybridized carbons (Fsp3) is 0.292. The second-order valence-corrected chi connectivity index (χ2v) is 11.5. The van der Waals surface area contributed by atoms with Crippen LogP contribution in [0.4, 0.5) is 10.1 Å². The lowest BCUT2D eigenvalue weighted by Crippen LogP contribution is -2.15. The standard InChI is InChI=1S/C24H24FN3O5S2/c1-24(2)8-6-14(7-9-24)15-4-5-18(26-12-15)22-27-21(13-34-22)35(31,32)28-19-11-17(25)16(23(29)30)10-20(19)33-3/h4-6,10-13,28H,7-9H2,1-3H3,(H,29,30). The molecule has 11 heteroatoms. The van der Waals surface area contributed by atoms with Crippen molar-refractivity contribution in [1.29, 1.82) is 0 Å². The van der Waals surface area contributed by atoms with Gasteiger partial charge in [-0.15, -0.1) is 11.3 Å². The van der Waals surface area contributed by atoms with Crippen LogP contribution in [0.2, 0.25) is 0 Å². The number of aromatic carboxylic acids is 1. The fourth-order valence-corrected chi connectivity index (χ4v) is 5.84. The molecule has 184 valence electrons. The maximum absolute atomic E-state index is 14.1. The Balaban J connectivity index is 1.55. The minimum atomic E-state index is -4.20. The molecule has 0 bridgehead atoms. The van der Waals surface area contributed by atoms with E-state index in [-0.39, 0.29) is 16.5 Å². The van der Waals surface area contributed by atoms with Gasteiger partial charge < -0.3 is 9.84 Å². The minimum Gasteiger partial charge on any atom is -0.495 e. The highest BCUT2D eigenvalue weighted by molar-refractivity contribution is 7.92. The van der Waals surface area contributed by atoms with E-state index in [1.54, 1.807) is 6.20 Å². The number of rotatable bonds is 7. The van der Waals surface area contributed by atoms with Gasteiger partial charge in [-0.05, 0) is 47.9 Å². The van der Waals surface area contributed by atoms with E-state index < -0.39 is 27.4 Å². The first kappa shape index (κ1) is 24.8. The number of pyridine rings is 1. The van der Waals surface area contributed by atoms with Gasteiger partial charge in [0.2, 0.25) is 0 Å². The van der Waals surface area contributed by atoms with Crippen molar-refractivity contribution in [1.82, 2.24) is 9.97 Å². The molecule has 0 saturated heterocycles. The number of hydrogen-bond donors (Lipinski definition) is 2. The zero-order valence-electron chi connectivity index (χ0n) is 19.3. The van der Waals surface area contributed by atoms with Crippen molar-refractivity contribution < 1.29 is 27.4 Å². The summed E-state index contributed by atoms with van der Waals surface area (Å²) in [5.41, 5.74) is 2.26. The number of carboxylic acid groups (broad SMARTS) is 1. The molecule has 2 heterocycles. The molecule has 3 aromatic rings. The van der Waals surface area contributed by atoms with Crippen LogP contribution in [-0.4, -0.2) is 36.6 Å². The van der Waals surface area contributed by atoms with Gasteiger partial charge in [0.25, 0.3) is 10.0 Å². The van der Waals surface area contributed by atoms with Crippen LogP contribution >= 0.6 is 11.3 Å². The second kappa shape index (κ2) is 9.38. The Hall–Kier alpha value is -3.31. The predicted octanol–water partition coefficient (Wildman–Crippen LogP) is 5.45. The maximum Gasteiger partial charge on any atom is 0.338 e. The average molecular weight is 518 g/mol. The van der Waals surface area contributed by atoms with E-state index in [1.807, 2.05) is 12.1 Å². The number of benzene rings is 1. The topological polar surface area (TPSA) is 118 Å². The summed E-state index contributed by atoms with van der Waals surface area (Å²) < 4.78 is 47.1. The number of sulfonamides is 1. The normalized spacial score (nSPS) is 15.4. The van der Waals surface area contributed by atoms with Gasteiger partial charge in [0.15, 0.2) is 5.03 Å². The predicted molar refractivity (Wildman–Crippen MR) is 132 cm³/mol. The molecule has 0 unspecified atom stereocenters. The first-order chi connectivity index (χ1) is 16.5. The van der Waals surface area contributed by atoms with Crippen LogP contribution in [0.5, 0.6) is 5.75 Å². The molecule has 0 radical (unpaired) electrons. The summed E-state index contributed by atoms with van der Waals surface area (Å²) in [6, 6.07) is 5.43. The van der Waals surface area contributed by atoms with Crippen molar-refractivity contribution in [3.63, 3.8) is 0 Å². The van der Waals surface area contributed by atoms with E-state index in [4.69, 9.17) is 9.84 Å². The molecule has 0 fully saturated rings. The second-order valence-electron chi connectivity index (χ2n) is 8.96. The highest BCUT2D eigenvalue weighted by Crippen LogP contribution is 2.38. The van der Waals surface area contributed by atoms with E-state index in [0.717, 1.165) is 48.3 Å². The van der Waals surface area contributed by atoms with Crippen LogP contribution in [0.15, 0.2) is 46.9 Å². The number of ether oxygens (including phenoxy) is 1. The SMILES string of the molecule is COc1cc(C(=O)O)c(F)cc1NS(=O)(=O)c1csc(-c2ccc(C3=CCC(C)(C)CC3)cn2)n1. The smallest absolute Gasteiger partial charge is 0.338 e. The number of halogens is 1. The Morgan fingerprint density at radius 3 is 2.66 bits per heavy atom. The Kier molecular flexibility index (Phi) is 6.65. The fourth-order valence-electron chi connectivity index (χ4n) is 3.71. The number of nitrogens with one attached hydrogen (secondary N) is 1. The highest BCUT2D eigenvalue weighted by atomic mass is 32.2. The van der Waals surface area contributed by atoms with Crippen molar-refractivity contribution in [3.8, 4) is 16.5 Å². The van der Waals surface area contributed by atoms with Gasteiger partial charge in [0, 0.05) is 17.6 Å². The largest absolute Gasteiger partial charge is 0.495 e. The Labute approximate surface area is 206 Å². The lowest BCUT2D eigenvalue weighted by atomic mass is 9.77. The third kappa shape index (κ3) is 5.35. The minimum absolute atomic E-state index is 0.138. The average Bonchev–Trinajstić information content (AvgIpc) is 3.30. The molecule has 2 N–H and O–H groups in total. The number of hydrogen-bond acceptors (Lipinski definition) is 7. The van der Waals surface area contributed by atoms with Crippen LogP contribution in [-0.2, 0) is 10.0 Å². The molecule has 0 amide bonds. The Bertz CT molecular complexity index is 1410. The molecule has 0 atom stereocenters. The summed E-state index contributed by atoms with van der Waals surface area (Å²) in [7, 11) is -2.98. The van der Waals surface area contributed by atoms with Crippen LogP contribution in [0, 0.1) is 11.2 Å². The van der Waals surface area contributed by atoms with Gasteiger partial charge in [0.1, 0.15) is 16.6 Å². The summed E-state index contributed by atoms with van der Waals surface area (Å²) in [4.78, 5) is 19.8. The summed E-state index contributed by atoms with van der Waals surface area (Å²) >= 11 is 1.11. The lowest BCUT2D eigenvalue weighted by Gasteiger charge is -2.28. The van der Waals surface area contributed by atoms with E-state index in [1.165, 1.54) is 18.1 Å². The van der Waals surface area contributed by atoms with E-state index in [0.29, 0.717) is 16.1 Å². The van der Waals surface area contributed by atoms with Crippen LogP contribution < -0.4 is 9.46 Å². The quantitative estimate of drug-likeness (QED) is 0.428. The first-order valence-electron chi connectivity index (χ1n) is 10.7. The molecule has 1 aliphatic carbocycles. The molecule has 2 aromatic heterocycles. The van der Waals surface area contributed by atoms with E-state index >= 15 is 0 Å². The Morgan fingerprint density at radius 2 is 2.06 bits per heavy atom. The molecule has 1 aliphatic rings. The summed E-state index contributed by atoms with van der Waals surface area (Å²) in [5.74, 6) is -2.74. The number of allylic oxidation sites excluding steroid dienone is 2. The zero-order chi connectivity index (χ0) is 25.4. The molecule has 35 heavy (non-hydrogen) atoms. The number of carbonyl (C=O) groups is 1. The molecule has 8 nitrogen and oxygen atoms in total.